The molecule has 2 rings (SSSR count). The Balaban J connectivity index is 2.44. The lowest BCUT2D eigenvalue weighted by atomic mass is 9.86. The Morgan fingerprint density at radius 2 is 2.06 bits per heavy atom. The number of ether oxygens (including phenoxy) is 1. The highest BCUT2D eigenvalue weighted by Gasteiger charge is 2.24. The average molecular weight is 231 g/mol. The van der Waals surface area contributed by atoms with Gasteiger partial charge in [-0.25, -0.2) is 0 Å². The lowest BCUT2D eigenvalue weighted by Gasteiger charge is -2.20. The van der Waals surface area contributed by atoms with Crippen molar-refractivity contribution in [2.75, 3.05) is 21.2 Å². The number of ketones is 1. The van der Waals surface area contributed by atoms with Crippen LogP contribution in [-0.2, 0) is 6.42 Å². The Morgan fingerprint density at radius 3 is 2.71 bits per heavy atom. The molecular formula is C14H17NO2. The van der Waals surface area contributed by atoms with Crippen LogP contribution in [0, 0.1) is 0 Å². The SMILES string of the molecule is COc1cccc2c1CCC(=CN(C)C)C2=O. The maximum Gasteiger partial charge on any atom is 0.190 e. The summed E-state index contributed by atoms with van der Waals surface area (Å²) in [6.07, 6.45) is 3.56. The number of fused-ring (bicyclic) bond motifs is 1. The van der Waals surface area contributed by atoms with Crippen LogP contribution >= 0.6 is 0 Å². The monoisotopic (exact) mass is 231 g/mol. The second kappa shape index (κ2) is 4.62. The van der Waals surface area contributed by atoms with Crippen LogP contribution in [0.4, 0.5) is 0 Å². The van der Waals surface area contributed by atoms with E-state index in [4.69, 9.17) is 4.74 Å². The number of allylic oxidation sites excluding steroid dienone is 1. The van der Waals surface area contributed by atoms with E-state index in [2.05, 4.69) is 0 Å². The summed E-state index contributed by atoms with van der Waals surface area (Å²) >= 11 is 0. The van der Waals surface area contributed by atoms with Gasteiger partial charge in [-0.2, -0.15) is 0 Å². The van der Waals surface area contributed by atoms with E-state index < -0.39 is 0 Å². The van der Waals surface area contributed by atoms with Crippen molar-refractivity contribution in [1.82, 2.24) is 4.90 Å². The second-order valence-corrected chi connectivity index (χ2v) is 4.43. The molecule has 0 aliphatic heterocycles. The van der Waals surface area contributed by atoms with Crippen molar-refractivity contribution in [1.29, 1.82) is 0 Å². The van der Waals surface area contributed by atoms with E-state index in [9.17, 15) is 4.79 Å². The van der Waals surface area contributed by atoms with Crippen LogP contribution in [0.5, 0.6) is 5.75 Å². The lowest BCUT2D eigenvalue weighted by Crippen LogP contribution is -2.17. The summed E-state index contributed by atoms with van der Waals surface area (Å²) in [7, 11) is 5.51. The Kier molecular flexibility index (Phi) is 3.18. The van der Waals surface area contributed by atoms with E-state index in [-0.39, 0.29) is 5.78 Å². The van der Waals surface area contributed by atoms with Gasteiger partial charge in [-0.1, -0.05) is 12.1 Å². The molecule has 0 fully saturated rings. The van der Waals surface area contributed by atoms with Crippen molar-refractivity contribution in [3.05, 3.63) is 41.1 Å². The molecule has 0 radical (unpaired) electrons. The number of Topliss-reactive ketones (excluding diaryl/α,β-unsaturated/α-hetero) is 1. The van der Waals surface area contributed by atoms with Crippen molar-refractivity contribution >= 4 is 5.78 Å². The van der Waals surface area contributed by atoms with Crippen molar-refractivity contribution < 1.29 is 9.53 Å². The standard InChI is InChI=1S/C14H17NO2/c1-15(2)9-10-7-8-11-12(14(10)16)5-4-6-13(11)17-3/h4-6,9H,7-8H2,1-3H3. The van der Waals surface area contributed by atoms with Gasteiger partial charge in [0.05, 0.1) is 7.11 Å². The minimum absolute atomic E-state index is 0.124. The number of hydrogen-bond acceptors (Lipinski definition) is 3. The van der Waals surface area contributed by atoms with Gasteiger partial charge >= 0.3 is 0 Å². The molecule has 0 saturated heterocycles. The number of methoxy groups -OCH3 is 1. The van der Waals surface area contributed by atoms with Crippen LogP contribution in [-0.4, -0.2) is 31.9 Å². The smallest absolute Gasteiger partial charge is 0.190 e. The summed E-state index contributed by atoms with van der Waals surface area (Å²) < 4.78 is 5.30. The topological polar surface area (TPSA) is 29.5 Å². The average Bonchev–Trinajstić information content (AvgIpc) is 2.31. The number of nitrogens with zero attached hydrogens (tertiary/aromatic N) is 1. The normalized spacial score (nSPS) is 16.9. The van der Waals surface area contributed by atoms with Gasteiger partial charge in [0.15, 0.2) is 5.78 Å². The number of carbonyl (C=O) groups excluding carboxylic acids is 1. The van der Waals surface area contributed by atoms with Crippen LogP contribution in [0.3, 0.4) is 0 Å². The number of carbonyl (C=O) groups is 1. The molecule has 1 aromatic rings. The number of rotatable bonds is 2. The minimum atomic E-state index is 0.124. The van der Waals surface area contributed by atoms with E-state index in [1.54, 1.807) is 7.11 Å². The number of benzene rings is 1. The highest BCUT2D eigenvalue weighted by Crippen LogP contribution is 2.31. The van der Waals surface area contributed by atoms with Crippen molar-refractivity contribution in [3.63, 3.8) is 0 Å². The molecule has 0 unspecified atom stereocenters. The summed E-state index contributed by atoms with van der Waals surface area (Å²) in [6, 6.07) is 5.66. The maximum absolute atomic E-state index is 12.3. The van der Waals surface area contributed by atoms with E-state index in [0.29, 0.717) is 0 Å². The third-order valence-corrected chi connectivity index (χ3v) is 2.95. The summed E-state index contributed by atoms with van der Waals surface area (Å²) in [6.45, 7) is 0. The van der Waals surface area contributed by atoms with Gasteiger partial charge in [0.1, 0.15) is 5.75 Å². The highest BCUT2D eigenvalue weighted by molar-refractivity contribution is 6.11. The molecule has 0 aromatic heterocycles. The van der Waals surface area contributed by atoms with Crippen molar-refractivity contribution in [3.8, 4) is 5.75 Å². The quantitative estimate of drug-likeness (QED) is 0.731. The van der Waals surface area contributed by atoms with Gasteiger partial charge < -0.3 is 9.64 Å². The van der Waals surface area contributed by atoms with Crippen LogP contribution in [0.2, 0.25) is 0 Å². The van der Waals surface area contributed by atoms with E-state index >= 15 is 0 Å². The highest BCUT2D eigenvalue weighted by atomic mass is 16.5. The lowest BCUT2D eigenvalue weighted by molar-refractivity contribution is 0.102. The van der Waals surface area contributed by atoms with Gasteiger partial charge in [0, 0.05) is 37.0 Å². The van der Waals surface area contributed by atoms with Gasteiger partial charge in [0.2, 0.25) is 0 Å². The van der Waals surface area contributed by atoms with E-state index in [1.165, 1.54) is 0 Å². The molecule has 90 valence electrons. The van der Waals surface area contributed by atoms with Gasteiger partial charge in [-0.05, 0) is 18.9 Å². The van der Waals surface area contributed by atoms with Gasteiger partial charge in [-0.3, -0.25) is 4.79 Å². The minimum Gasteiger partial charge on any atom is -0.496 e. The molecule has 1 aromatic carbocycles. The van der Waals surface area contributed by atoms with Crippen LogP contribution in [0.15, 0.2) is 30.0 Å². The summed E-state index contributed by atoms with van der Waals surface area (Å²) in [4.78, 5) is 14.2. The molecule has 0 spiro atoms. The Morgan fingerprint density at radius 1 is 1.29 bits per heavy atom. The first-order chi connectivity index (χ1) is 8.13. The molecule has 1 aliphatic rings. The largest absolute Gasteiger partial charge is 0.496 e. The molecular weight excluding hydrogens is 214 g/mol. The van der Waals surface area contributed by atoms with Gasteiger partial charge in [0.25, 0.3) is 0 Å². The second-order valence-electron chi connectivity index (χ2n) is 4.43. The third-order valence-electron chi connectivity index (χ3n) is 2.95. The Labute approximate surface area is 102 Å². The molecule has 0 saturated carbocycles. The molecule has 3 nitrogen and oxygen atoms in total. The molecule has 1 aliphatic carbocycles. The zero-order valence-electron chi connectivity index (χ0n) is 10.5. The fourth-order valence-electron chi connectivity index (χ4n) is 2.21. The van der Waals surface area contributed by atoms with E-state index in [0.717, 1.165) is 35.3 Å². The first-order valence-electron chi connectivity index (χ1n) is 5.71. The molecule has 0 N–H and O–H groups in total. The fourth-order valence-corrected chi connectivity index (χ4v) is 2.21. The summed E-state index contributed by atoms with van der Waals surface area (Å²) in [5.74, 6) is 0.943. The molecule has 0 atom stereocenters. The molecule has 0 amide bonds. The van der Waals surface area contributed by atoms with E-state index in [1.807, 2.05) is 43.4 Å². The Bertz CT molecular complexity index is 475. The summed E-state index contributed by atoms with van der Waals surface area (Å²) in [5, 5.41) is 0. The van der Waals surface area contributed by atoms with Crippen molar-refractivity contribution in [2.45, 2.75) is 12.8 Å². The number of hydrogen-bond donors (Lipinski definition) is 0. The first kappa shape index (κ1) is 11.7. The van der Waals surface area contributed by atoms with Crippen LogP contribution in [0.1, 0.15) is 22.3 Å². The van der Waals surface area contributed by atoms with Crippen LogP contribution in [0.25, 0.3) is 0 Å². The maximum atomic E-state index is 12.3. The summed E-state index contributed by atoms with van der Waals surface area (Å²) in [5.41, 5.74) is 2.69. The zero-order chi connectivity index (χ0) is 12.4. The van der Waals surface area contributed by atoms with Crippen LogP contribution < -0.4 is 4.74 Å². The predicted molar refractivity (Wildman–Crippen MR) is 67.4 cm³/mol. The zero-order valence-corrected chi connectivity index (χ0v) is 10.5. The predicted octanol–water partition coefficient (Wildman–Crippen LogP) is 2.27. The first-order valence-corrected chi connectivity index (χ1v) is 5.71. The van der Waals surface area contributed by atoms with Gasteiger partial charge in [-0.15, -0.1) is 0 Å². The molecule has 3 heteroatoms. The molecule has 0 heterocycles. The fraction of sp³-hybridized carbons (Fsp3) is 0.357. The molecule has 17 heavy (non-hydrogen) atoms. The molecule has 0 bridgehead atoms. The third kappa shape index (κ3) is 2.18. The van der Waals surface area contributed by atoms with Crippen molar-refractivity contribution in [2.24, 2.45) is 0 Å². The Hall–Kier alpha value is -1.77.